The number of benzene rings is 3. The van der Waals surface area contributed by atoms with Crippen molar-refractivity contribution in [2.24, 2.45) is 0 Å². The zero-order valence-electron chi connectivity index (χ0n) is 23.0. The number of nitrogens with zero attached hydrogens (tertiary/aromatic N) is 2. The first kappa shape index (κ1) is 32.7. The van der Waals surface area contributed by atoms with Gasteiger partial charge in [0.15, 0.2) is 0 Å². The van der Waals surface area contributed by atoms with Gasteiger partial charge in [-0.3, -0.25) is 13.9 Å². The van der Waals surface area contributed by atoms with Gasteiger partial charge in [-0.25, -0.2) is 12.8 Å². The fraction of sp³-hybridized carbons (Fsp3) is 0.310. The van der Waals surface area contributed by atoms with Gasteiger partial charge in [0.05, 0.1) is 15.6 Å². The number of carbonyl (C=O) groups is 2. The van der Waals surface area contributed by atoms with Crippen molar-refractivity contribution in [1.29, 1.82) is 0 Å². The first-order valence-corrected chi connectivity index (χ1v) is 15.3. The maximum Gasteiger partial charge on any atom is 0.264 e. The van der Waals surface area contributed by atoms with Crippen molar-refractivity contribution in [3.8, 4) is 0 Å². The molecule has 41 heavy (non-hydrogen) atoms. The van der Waals surface area contributed by atoms with Crippen molar-refractivity contribution < 1.29 is 22.4 Å². The Balaban J connectivity index is 2.13. The molecule has 0 spiro atoms. The monoisotopic (exact) mass is 641 g/mol. The van der Waals surface area contributed by atoms with Crippen LogP contribution >= 0.6 is 34.8 Å². The number of hydrogen-bond donors (Lipinski definition) is 1. The minimum absolute atomic E-state index is 0.0310. The summed E-state index contributed by atoms with van der Waals surface area (Å²) in [5.41, 5.74) is -0.237. The summed E-state index contributed by atoms with van der Waals surface area (Å²) in [6.07, 6.45) is 0.212. The predicted molar refractivity (Wildman–Crippen MR) is 161 cm³/mol. The Kier molecular flexibility index (Phi) is 10.7. The SMILES string of the molecule is CC[C@@H](C(=O)NC(C)(C)C)N(Cc1c(Cl)cccc1Cl)C(=O)CN(c1ccc(F)c(Cl)c1)S(=O)(=O)c1ccccc1. The lowest BCUT2D eigenvalue weighted by molar-refractivity contribution is -0.141. The molecule has 0 aliphatic heterocycles. The summed E-state index contributed by atoms with van der Waals surface area (Å²) in [5.74, 6) is -1.89. The van der Waals surface area contributed by atoms with E-state index in [4.69, 9.17) is 34.8 Å². The third kappa shape index (κ3) is 8.13. The number of carbonyl (C=O) groups excluding carboxylic acids is 2. The molecule has 0 aliphatic rings. The lowest BCUT2D eigenvalue weighted by atomic mass is 10.1. The highest BCUT2D eigenvalue weighted by Crippen LogP contribution is 2.30. The molecule has 12 heteroatoms. The van der Waals surface area contributed by atoms with Gasteiger partial charge < -0.3 is 10.2 Å². The van der Waals surface area contributed by atoms with Gasteiger partial charge >= 0.3 is 0 Å². The summed E-state index contributed by atoms with van der Waals surface area (Å²) in [7, 11) is -4.33. The van der Waals surface area contributed by atoms with E-state index in [9.17, 15) is 22.4 Å². The molecule has 0 aliphatic carbocycles. The van der Waals surface area contributed by atoms with Crippen molar-refractivity contribution in [3.05, 3.63) is 93.2 Å². The molecule has 0 radical (unpaired) electrons. The fourth-order valence-electron chi connectivity index (χ4n) is 4.11. The van der Waals surface area contributed by atoms with Gasteiger partial charge in [0, 0.05) is 27.7 Å². The molecule has 0 unspecified atom stereocenters. The first-order valence-electron chi connectivity index (χ1n) is 12.7. The molecule has 0 aromatic heterocycles. The molecule has 3 aromatic rings. The zero-order chi connectivity index (χ0) is 30.5. The van der Waals surface area contributed by atoms with Crippen LogP contribution in [0.1, 0.15) is 39.7 Å². The van der Waals surface area contributed by atoms with Gasteiger partial charge in [0.1, 0.15) is 18.4 Å². The van der Waals surface area contributed by atoms with Gasteiger partial charge in [0.25, 0.3) is 10.0 Å². The Labute approximate surface area is 255 Å². The van der Waals surface area contributed by atoms with Crippen molar-refractivity contribution in [2.75, 3.05) is 10.8 Å². The summed E-state index contributed by atoms with van der Waals surface area (Å²) in [6, 6.07) is 14.7. The normalized spacial score (nSPS) is 12.5. The third-order valence-electron chi connectivity index (χ3n) is 6.08. The van der Waals surface area contributed by atoms with Crippen LogP contribution in [-0.4, -0.2) is 43.3 Å². The summed E-state index contributed by atoms with van der Waals surface area (Å²) >= 11 is 18.8. The van der Waals surface area contributed by atoms with E-state index in [1.165, 1.54) is 23.1 Å². The van der Waals surface area contributed by atoms with Gasteiger partial charge in [-0.15, -0.1) is 0 Å². The van der Waals surface area contributed by atoms with Crippen LogP contribution in [0.15, 0.2) is 71.6 Å². The maximum atomic E-state index is 14.1. The van der Waals surface area contributed by atoms with E-state index in [-0.39, 0.29) is 38.6 Å². The Morgan fingerprint density at radius 2 is 1.54 bits per heavy atom. The first-order chi connectivity index (χ1) is 19.2. The molecular formula is C29H31Cl3FN3O4S. The highest BCUT2D eigenvalue weighted by molar-refractivity contribution is 7.92. The zero-order valence-corrected chi connectivity index (χ0v) is 26.1. The van der Waals surface area contributed by atoms with Gasteiger partial charge in [-0.2, -0.15) is 0 Å². The molecule has 0 bridgehead atoms. The van der Waals surface area contributed by atoms with Gasteiger partial charge in [0.2, 0.25) is 11.8 Å². The Morgan fingerprint density at radius 3 is 2.07 bits per heavy atom. The second-order valence-electron chi connectivity index (χ2n) is 10.3. The van der Waals surface area contributed by atoms with Crippen LogP contribution in [0, 0.1) is 5.82 Å². The molecule has 7 nitrogen and oxygen atoms in total. The Hall–Kier alpha value is -2.85. The van der Waals surface area contributed by atoms with Gasteiger partial charge in [-0.1, -0.05) is 66.0 Å². The molecule has 1 N–H and O–H groups in total. The van der Waals surface area contributed by atoms with Crippen molar-refractivity contribution >= 4 is 62.3 Å². The summed E-state index contributed by atoms with van der Waals surface area (Å²) in [4.78, 5) is 28.7. The Morgan fingerprint density at radius 1 is 0.927 bits per heavy atom. The van der Waals surface area contributed by atoms with Crippen LogP contribution in [0.3, 0.4) is 0 Å². The topological polar surface area (TPSA) is 86.8 Å². The molecule has 220 valence electrons. The van der Waals surface area contributed by atoms with E-state index in [2.05, 4.69) is 5.32 Å². The van der Waals surface area contributed by atoms with Crippen LogP contribution < -0.4 is 9.62 Å². The van der Waals surface area contributed by atoms with E-state index in [1.807, 2.05) is 0 Å². The number of nitrogens with one attached hydrogen (secondary N) is 1. The average Bonchev–Trinajstić information content (AvgIpc) is 2.89. The molecule has 0 saturated heterocycles. The molecule has 0 heterocycles. The number of anilines is 1. The van der Waals surface area contributed by atoms with E-state index in [0.717, 1.165) is 16.4 Å². The highest BCUT2D eigenvalue weighted by Gasteiger charge is 2.35. The maximum absolute atomic E-state index is 14.1. The number of amides is 2. The minimum atomic E-state index is -4.33. The minimum Gasteiger partial charge on any atom is -0.350 e. The summed E-state index contributed by atoms with van der Waals surface area (Å²) in [6.45, 7) is 6.26. The average molecular weight is 643 g/mol. The van der Waals surface area contributed by atoms with Crippen molar-refractivity contribution in [3.63, 3.8) is 0 Å². The van der Waals surface area contributed by atoms with E-state index < -0.39 is 45.8 Å². The standard InChI is InChI=1S/C29H31Cl3FN3O4S/c1-5-26(28(38)34-29(2,3)4)35(17-21-22(30)12-9-13-23(21)31)27(37)18-36(19-14-15-25(33)24(32)16-19)41(39,40)20-10-7-6-8-11-20/h6-16,26H,5,17-18H2,1-4H3,(H,34,38)/t26-/m0/s1. The number of halogens is 4. The Bertz CT molecular complexity index is 1500. The van der Waals surface area contributed by atoms with E-state index in [0.29, 0.717) is 5.56 Å². The number of sulfonamides is 1. The van der Waals surface area contributed by atoms with E-state index >= 15 is 0 Å². The highest BCUT2D eigenvalue weighted by atomic mass is 35.5. The smallest absolute Gasteiger partial charge is 0.264 e. The second kappa shape index (κ2) is 13.4. The number of rotatable bonds is 10. The third-order valence-corrected chi connectivity index (χ3v) is 8.86. The molecule has 3 rings (SSSR count). The molecule has 2 amide bonds. The summed E-state index contributed by atoms with van der Waals surface area (Å²) < 4.78 is 42.5. The molecule has 3 aromatic carbocycles. The van der Waals surface area contributed by atoms with Crippen molar-refractivity contribution in [1.82, 2.24) is 10.2 Å². The van der Waals surface area contributed by atoms with Crippen LogP contribution in [0.25, 0.3) is 0 Å². The number of hydrogen-bond acceptors (Lipinski definition) is 4. The van der Waals surface area contributed by atoms with Gasteiger partial charge in [-0.05, 0) is 69.7 Å². The molecule has 0 saturated carbocycles. The van der Waals surface area contributed by atoms with Crippen LogP contribution in [0.2, 0.25) is 15.1 Å². The fourth-order valence-corrected chi connectivity index (χ4v) is 6.23. The lowest BCUT2D eigenvalue weighted by Crippen LogP contribution is -2.55. The molecular weight excluding hydrogens is 612 g/mol. The van der Waals surface area contributed by atoms with E-state index in [1.54, 1.807) is 64.1 Å². The molecule has 0 fully saturated rings. The summed E-state index contributed by atoms with van der Waals surface area (Å²) in [5, 5.41) is 3.12. The van der Waals surface area contributed by atoms with Crippen molar-refractivity contribution in [2.45, 2.75) is 57.1 Å². The van der Waals surface area contributed by atoms with Crippen LogP contribution in [-0.2, 0) is 26.2 Å². The predicted octanol–water partition coefficient (Wildman–Crippen LogP) is 6.70. The quantitative estimate of drug-likeness (QED) is 0.267. The van der Waals surface area contributed by atoms with Crippen LogP contribution in [0.4, 0.5) is 10.1 Å². The largest absolute Gasteiger partial charge is 0.350 e. The second-order valence-corrected chi connectivity index (χ2v) is 13.4. The lowest BCUT2D eigenvalue weighted by Gasteiger charge is -2.35. The molecule has 1 atom stereocenters. The van der Waals surface area contributed by atoms with Crippen LogP contribution in [0.5, 0.6) is 0 Å².